The van der Waals surface area contributed by atoms with Crippen LogP contribution in [0.15, 0.2) is 64.0 Å². The lowest BCUT2D eigenvalue weighted by Crippen LogP contribution is -2.27. The lowest BCUT2D eigenvalue weighted by atomic mass is 10.1. The lowest BCUT2D eigenvalue weighted by molar-refractivity contribution is -0.123. The molecule has 1 fully saturated rings. The number of halogens is 4. The highest BCUT2D eigenvalue weighted by atomic mass is 127. The smallest absolute Gasteiger partial charge is 0.293 e. The molecule has 186 valence electrons. The molecule has 0 aromatic heterocycles. The maximum absolute atomic E-state index is 13.0. The van der Waals surface area contributed by atoms with Crippen molar-refractivity contribution in [2.24, 2.45) is 0 Å². The van der Waals surface area contributed by atoms with Crippen LogP contribution < -0.4 is 9.47 Å². The monoisotopic (exact) mass is 717 g/mol. The number of hydrogen-bond donors (Lipinski definition) is 0. The van der Waals surface area contributed by atoms with Crippen molar-refractivity contribution in [1.82, 2.24) is 4.90 Å². The molecular weight excluding hydrogens is 700 g/mol. The first kappa shape index (κ1) is 27.3. The largest absolute Gasteiger partial charge is 0.490 e. The van der Waals surface area contributed by atoms with E-state index in [1.807, 2.05) is 43.3 Å². The van der Waals surface area contributed by atoms with Crippen molar-refractivity contribution in [3.8, 4) is 11.5 Å². The maximum atomic E-state index is 13.0. The second kappa shape index (κ2) is 12.2. The molecule has 0 spiro atoms. The fourth-order valence-electron chi connectivity index (χ4n) is 3.45. The molecule has 0 aliphatic carbocycles. The number of benzene rings is 3. The predicted molar refractivity (Wildman–Crippen MR) is 157 cm³/mol. The minimum Gasteiger partial charge on any atom is -0.490 e. The molecule has 2 amide bonds. The zero-order valence-corrected chi connectivity index (χ0v) is 25.0. The van der Waals surface area contributed by atoms with Crippen LogP contribution in [0.5, 0.6) is 11.5 Å². The topological polar surface area (TPSA) is 55.8 Å². The number of amides is 2. The Hall–Kier alpha value is -1.72. The summed E-state index contributed by atoms with van der Waals surface area (Å²) in [5.41, 5.74) is 2.38. The zero-order valence-electron chi connectivity index (χ0n) is 18.9. The molecule has 0 saturated carbocycles. The summed E-state index contributed by atoms with van der Waals surface area (Å²) in [6.45, 7) is 2.75. The number of thioether (sulfide) groups is 1. The van der Waals surface area contributed by atoms with Gasteiger partial charge in [-0.3, -0.25) is 14.5 Å². The Kier molecular flexibility index (Phi) is 9.27. The summed E-state index contributed by atoms with van der Waals surface area (Å²) < 4.78 is 13.5. The molecular formula is C26H19BrCl2INO4S. The van der Waals surface area contributed by atoms with Gasteiger partial charge in [-0.1, -0.05) is 63.4 Å². The second-order valence-electron chi connectivity index (χ2n) is 7.65. The summed E-state index contributed by atoms with van der Waals surface area (Å²) in [5.74, 6) is 0.780. The third-order valence-electron chi connectivity index (χ3n) is 5.18. The van der Waals surface area contributed by atoms with Crippen molar-refractivity contribution in [3.05, 3.63) is 94.3 Å². The van der Waals surface area contributed by atoms with Gasteiger partial charge in [0.1, 0.15) is 6.61 Å². The summed E-state index contributed by atoms with van der Waals surface area (Å²) in [6, 6.07) is 16.4. The Balaban J connectivity index is 1.57. The molecule has 0 N–H and O–H groups in total. The van der Waals surface area contributed by atoms with Crippen molar-refractivity contribution in [1.29, 1.82) is 0 Å². The molecule has 3 aromatic carbocycles. The van der Waals surface area contributed by atoms with Gasteiger partial charge < -0.3 is 9.47 Å². The minimum absolute atomic E-state index is 0.200. The molecule has 0 atom stereocenters. The van der Waals surface area contributed by atoms with Gasteiger partial charge in [0.25, 0.3) is 11.1 Å². The molecule has 4 rings (SSSR count). The SMILES string of the molecule is CCOc1cc(/C=C2\SC(=O)N(Cc3ccccc3Br)C2=O)cc(I)c1OCc1ccc(Cl)cc1Cl. The second-order valence-corrected chi connectivity index (χ2v) is 11.5. The van der Waals surface area contributed by atoms with Crippen LogP contribution in [0, 0.1) is 3.57 Å². The van der Waals surface area contributed by atoms with E-state index in [2.05, 4.69) is 38.5 Å². The molecule has 0 radical (unpaired) electrons. The van der Waals surface area contributed by atoms with Crippen LogP contribution in [0.3, 0.4) is 0 Å². The Bertz CT molecular complexity index is 1370. The zero-order chi connectivity index (χ0) is 25.8. The van der Waals surface area contributed by atoms with Crippen LogP contribution in [-0.2, 0) is 17.9 Å². The van der Waals surface area contributed by atoms with Crippen molar-refractivity contribution >= 4 is 90.7 Å². The van der Waals surface area contributed by atoms with Gasteiger partial charge in [0.2, 0.25) is 0 Å². The first-order valence-corrected chi connectivity index (χ1v) is 14.2. The molecule has 36 heavy (non-hydrogen) atoms. The molecule has 0 unspecified atom stereocenters. The van der Waals surface area contributed by atoms with Gasteiger partial charge in [0.15, 0.2) is 11.5 Å². The van der Waals surface area contributed by atoms with Crippen LogP contribution in [0.2, 0.25) is 10.0 Å². The van der Waals surface area contributed by atoms with Gasteiger partial charge in [-0.15, -0.1) is 0 Å². The van der Waals surface area contributed by atoms with E-state index in [1.54, 1.807) is 24.3 Å². The summed E-state index contributed by atoms with van der Waals surface area (Å²) in [6.07, 6.45) is 1.70. The van der Waals surface area contributed by atoms with Crippen molar-refractivity contribution in [2.45, 2.75) is 20.1 Å². The number of carbonyl (C=O) groups excluding carboxylic acids is 2. The fraction of sp³-hybridized carbons (Fsp3) is 0.154. The summed E-state index contributed by atoms with van der Waals surface area (Å²) >= 11 is 18.8. The van der Waals surface area contributed by atoms with E-state index in [0.29, 0.717) is 33.1 Å². The molecule has 10 heteroatoms. The number of imide groups is 1. The van der Waals surface area contributed by atoms with E-state index in [4.69, 9.17) is 32.7 Å². The number of carbonyl (C=O) groups is 2. The third kappa shape index (κ3) is 6.39. The normalized spacial score (nSPS) is 14.6. The number of nitrogens with zero attached hydrogens (tertiary/aromatic N) is 1. The molecule has 1 aliphatic rings. The van der Waals surface area contributed by atoms with Gasteiger partial charge in [0.05, 0.1) is 21.6 Å². The molecule has 5 nitrogen and oxygen atoms in total. The van der Waals surface area contributed by atoms with Gasteiger partial charge in [0, 0.05) is 20.1 Å². The highest BCUT2D eigenvalue weighted by Crippen LogP contribution is 2.39. The first-order chi connectivity index (χ1) is 17.3. The van der Waals surface area contributed by atoms with E-state index in [1.165, 1.54) is 4.90 Å². The van der Waals surface area contributed by atoms with Crippen molar-refractivity contribution < 1.29 is 19.1 Å². The van der Waals surface area contributed by atoms with Gasteiger partial charge in [-0.25, -0.2) is 0 Å². The fourth-order valence-corrected chi connectivity index (χ4v) is 5.94. The van der Waals surface area contributed by atoms with Crippen LogP contribution in [-0.4, -0.2) is 22.7 Å². The quantitative estimate of drug-likeness (QED) is 0.173. The van der Waals surface area contributed by atoms with Gasteiger partial charge >= 0.3 is 0 Å². The predicted octanol–water partition coefficient (Wildman–Crippen LogP) is 8.57. The van der Waals surface area contributed by atoms with E-state index >= 15 is 0 Å². The highest BCUT2D eigenvalue weighted by Gasteiger charge is 2.35. The van der Waals surface area contributed by atoms with Crippen LogP contribution >= 0.6 is 73.5 Å². The summed E-state index contributed by atoms with van der Waals surface area (Å²) in [5, 5.41) is 0.769. The summed E-state index contributed by atoms with van der Waals surface area (Å²) in [4.78, 5) is 27.2. The molecule has 0 bridgehead atoms. The highest BCUT2D eigenvalue weighted by molar-refractivity contribution is 14.1. The van der Waals surface area contributed by atoms with E-state index in [9.17, 15) is 9.59 Å². The van der Waals surface area contributed by atoms with Crippen molar-refractivity contribution in [2.75, 3.05) is 6.61 Å². The van der Waals surface area contributed by atoms with Crippen molar-refractivity contribution in [3.63, 3.8) is 0 Å². The number of ether oxygens (including phenoxy) is 2. The average Bonchev–Trinajstić information content (AvgIpc) is 3.08. The molecule has 1 aliphatic heterocycles. The van der Waals surface area contributed by atoms with Crippen LogP contribution in [0.4, 0.5) is 4.79 Å². The molecule has 1 saturated heterocycles. The Morgan fingerprint density at radius 3 is 2.56 bits per heavy atom. The maximum Gasteiger partial charge on any atom is 0.293 e. The van der Waals surface area contributed by atoms with Crippen LogP contribution in [0.25, 0.3) is 6.08 Å². The van der Waals surface area contributed by atoms with Gasteiger partial charge in [-0.2, -0.15) is 0 Å². The first-order valence-electron chi connectivity index (χ1n) is 10.8. The minimum atomic E-state index is -0.327. The molecule has 1 heterocycles. The third-order valence-corrected chi connectivity index (χ3v) is 8.25. The van der Waals surface area contributed by atoms with Gasteiger partial charge in [-0.05, 0) is 88.8 Å². The Labute approximate surface area is 245 Å². The number of rotatable bonds is 8. The van der Waals surface area contributed by atoms with E-state index in [-0.39, 0.29) is 24.3 Å². The average molecular weight is 719 g/mol. The molecule has 3 aromatic rings. The standard InChI is InChI=1S/C26H19BrCl2INO4S/c1-2-34-22-10-15(9-21(30)24(22)35-14-17-7-8-18(28)12-20(17)29)11-23-25(32)31(26(33)36-23)13-16-5-3-4-6-19(16)27/h3-12H,2,13-14H2,1H3/b23-11-. The number of hydrogen-bond acceptors (Lipinski definition) is 5. The Morgan fingerprint density at radius 1 is 1.06 bits per heavy atom. The lowest BCUT2D eigenvalue weighted by Gasteiger charge is -2.15. The van der Waals surface area contributed by atoms with Crippen LogP contribution in [0.1, 0.15) is 23.6 Å². The van der Waals surface area contributed by atoms with E-state index < -0.39 is 0 Å². The Morgan fingerprint density at radius 2 is 1.83 bits per heavy atom. The van der Waals surface area contributed by atoms with E-state index in [0.717, 1.165) is 36.5 Å². The summed E-state index contributed by atoms with van der Waals surface area (Å²) in [7, 11) is 0.